The maximum atomic E-state index is 8.56. The van der Waals surface area contributed by atoms with Crippen molar-refractivity contribution in [3.63, 3.8) is 0 Å². The number of hydrogen-bond acceptors (Lipinski definition) is 3. The molecule has 1 aliphatic carbocycles. The Labute approximate surface area is 97.8 Å². The average molecular weight is 226 g/mol. The Balaban J connectivity index is 2.16. The fourth-order valence-corrected chi connectivity index (χ4v) is 2.46. The second kappa shape index (κ2) is 5.23. The van der Waals surface area contributed by atoms with Crippen LogP contribution < -0.4 is 5.32 Å². The topological polar surface area (TPSA) is 35.8 Å². The van der Waals surface area contributed by atoms with Crippen molar-refractivity contribution in [1.29, 1.82) is 5.26 Å². The molecule has 0 bridgehead atoms. The van der Waals surface area contributed by atoms with Gasteiger partial charge >= 0.3 is 0 Å². The number of thioether (sulfide) groups is 1. The molecule has 0 unspecified atom stereocenters. The van der Waals surface area contributed by atoms with Crippen LogP contribution >= 0.6 is 11.8 Å². The highest BCUT2D eigenvalue weighted by atomic mass is 32.2. The molecular weight excluding hydrogens is 204 g/mol. The van der Waals surface area contributed by atoms with Crippen LogP contribution in [0, 0.1) is 16.7 Å². The molecule has 0 saturated heterocycles. The molecule has 0 heterocycles. The lowest BCUT2D eigenvalue weighted by Gasteiger charge is -2.25. The summed E-state index contributed by atoms with van der Waals surface area (Å²) in [5.41, 5.74) is 0.254. The molecule has 0 aromatic carbocycles. The summed E-state index contributed by atoms with van der Waals surface area (Å²) in [4.78, 5) is 0. The van der Waals surface area contributed by atoms with Crippen LogP contribution in [0.5, 0.6) is 0 Å². The summed E-state index contributed by atoms with van der Waals surface area (Å²) in [7, 11) is 0. The molecule has 0 aliphatic heterocycles. The Kier molecular flexibility index (Phi) is 4.48. The van der Waals surface area contributed by atoms with Crippen LogP contribution in [-0.4, -0.2) is 24.1 Å². The zero-order valence-corrected chi connectivity index (χ0v) is 10.9. The molecule has 15 heavy (non-hydrogen) atoms. The minimum atomic E-state index is 0.254. The lowest BCUT2D eigenvalue weighted by atomic mass is 9.88. The Bertz CT molecular complexity index is 238. The summed E-state index contributed by atoms with van der Waals surface area (Å²) in [5.74, 6) is 0. The van der Waals surface area contributed by atoms with E-state index in [1.165, 1.54) is 12.8 Å². The predicted octanol–water partition coefficient (Wildman–Crippen LogP) is 2.80. The Morgan fingerprint density at radius 2 is 2.13 bits per heavy atom. The molecule has 1 aliphatic rings. The zero-order valence-electron chi connectivity index (χ0n) is 10.1. The van der Waals surface area contributed by atoms with Gasteiger partial charge < -0.3 is 5.32 Å². The number of hydrogen-bond donors (Lipinski definition) is 1. The first-order valence-electron chi connectivity index (χ1n) is 5.66. The predicted molar refractivity (Wildman–Crippen MR) is 67.0 cm³/mol. The minimum absolute atomic E-state index is 0.254. The highest BCUT2D eigenvalue weighted by Gasteiger charge is 2.41. The van der Waals surface area contributed by atoms with Crippen LogP contribution in [-0.2, 0) is 0 Å². The zero-order chi connectivity index (χ0) is 11.4. The van der Waals surface area contributed by atoms with Gasteiger partial charge in [-0.1, -0.05) is 13.8 Å². The van der Waals surface area contributed by atoms with Gasteiger partial charge in [0.05, 0.1) is 6.07 Å². The van der Waals surface area contributed by atoms with Gasteiger partial charge in [-0.3, -0.25) is 0 Å². The van der Waals surface area contributed by atoms with E-state index in [2.05, 4.69) is 31.5 Å². The van der Waals surface area contributed by atoms with Crippen molar-refractivity contribution in [2.24, 2.45) is 5.41 Å². The highest BCUT2D eigenvalue weighted by Crippen LogP contribution is 2.46. The van der Waals surface area contributed by atoms with Crippen LogP contribution in [0.3, 0.4) is 0 Å². The van der Waals surface area contributed by atoms with Crippen molar-refractivity contribution >= 4 is 11.8 Å². The van der Waals surface area contributed by atoms with Gasteiger partial charge in [0.15, 0.2) is 0 Å². The van der Waals surface area contributed by atoms with Gasteiger partial charge in [0.2, 0.25) is 0 Å². The van der Waals surface area contributed by atoms with Gasteiger partial charge in [-0.2, -0.15) is 17.0 Å². The van der Waals surface area contributed by atoms with Crippen molar-refractivity contribution in [2.45, 2.75) is 44.3 Å². The van der Waals surface area contributed by atoms with Gasteiger partial charge in [-0.05, 0) is 30.9 Å². The summed E-state index contributed by atoms with van der Waals surface area (Å²) in [6, 6.07) is 2.22. The van der Waals surface area contributed by atoms with Gasteiger partial charge in [0.25, 0.3) is 0 Å². The summed E-state index contributed by atoms with van der Waals surface area (Å²) < 4.78 is 0.547. The number of nitriles is 1. The van der Waals surface area contributed by atoms with Crippen LogP contribution in [0.2, 0.25) is 0 Å². The van der Waals surface area contributed by atoms with Crippen molar-refractivity contribution < 1.29 is 0 Å². The SMILES string of the molecule is CSC1(CNCC(C)(C)CCC#N)CC1. The number of rotatable bonds is 7. The molecular formula is C12H22N2S. The summed E-state index contributed by atoms with van der Waals surface area (Å²) in [6.45, 7) is 6.62. The molecule has 0 radical (unpaired) electrons. The average Bonchev–Trinajstić information content (AvgIpc) is 2.96. The molecule has 2 nitrogen and oxygen atoms in total. The third-order valence-corrected chi connectivity index (χ3v) is 4.62. The van der Waals surface area contributed by atoms with E-state index in [1.54, 1.807) is 0 Å². The van der Waals surface area contributed by atoms with Crippen molar-refractivity contribution in [1.82, 2.24) is 5.32 Å². The van der Waals surface area contributed by atoms with Gasteiger partial charge in [0, 0.05) is 24.3 Å². The summed E-state index contributed by atoms with van der Waals surface area (Å²) >= 11 is 1.99. The minimum Gasteiger partial charge on any atom is -0.315 e. The Morgan fingerprint density at radius 3 is 2.60 bits per heavy atom. The van der Waals surface area contributed by atoms with Crippen molar-refractivity contribution in [3.8, 4) is 6.07 Å². The molecule has 1 N–H and O–H groups in total. The lowest BCUT2D eigenvalue weighted by molar-refractivity contribution is 0.318. The van der Waals surface area contributed by atoms with Crippen LogP contribution in [0.25, 0.3) is 0 Å². The first kappa shape index (κ1) is 12.9. The van der Waals surface area contributed by atoms with E-state index in [-0.39, 0.29) is 5.41 Å². The molecule has 3 heteroatoms. The Hall–Kier alpha value is -0.200. The fourth-order valence-electron chi connectivity index (χ4n) is 1.70. The monoisotopic (exact) mass is 226 g/mol. The molecule has 1 saturated carbocycles. The maximum Gasteiger partial charge on any atom is 0.0621 e. The molecule has 0 amide bonds. The summed E-state index contributed by atoms with van der Waals surface area (Å²) in [6.07, 6.45) is 6.58. The normalized spacial score (nSPS) is 18.5. The van der Waals surface area contributed by atoms with Gasteiger partial charge in [0.1, 0.15) is 0 Å². The largest absolute Gasteiger partial charge is 0.315 e. The molecule has 0 atom stereocenters. The van der Waals surface area contributed by atoms with E-state index in [4.69, 9.17) is 5.26 Å². The van der Waals surface area contributed by atoms with E-state index in [0.29, 0.717) is 11.2 Å². The molecule has 0 aromatic heterocycles. The second-order valence-electron chi connectivity index (χ2n) is 5.31. The van der Waals surface area contributed by atoms with Gasteiger partial charge in [-0.15, -0.1) is 0 Å². The van der Waals surface area contributed by atoms with Crippen LogP contribution in [0.1, 0.15) is 39.5 Å². The number of nitrogens with one attached hydrogen (secondary N) is 1. The number of nitrogens with zero attached hydrogens (tertiary/aromatic N) is 1. The fraction of sp³-hybridized carbons (Fsp3) is 0.917. The molecule has 0 spiro atoms. The van der Waals surface area contributed by atoms with E-state index in [0.717, 1.165) is 19.5 Å². The van der Waals surface area contributed by atoms with E-state index in [1.807, 2.05) is 11.8 Å². The molecule has 1 fully saturated rings. The Morgan fingerprint density at radius 1 is 1.47 bits per heavy atom. The quantitative estimate of drug-likeness (QED) is 0.725. The summed E-state index contributed by atoms with van der Waals surface area (Å²) in [5, 5.41) is 12.1. The maximum absolute atomic E-state index is 8.56. The second-order valence-corrected chi connectivity index (χ2v) is 6.59. The first-order valence-corrected chi connectivity index (χ1v) is 6.89. The van der Waals surface area contributed by atoms with Crippen molar-refractivity contribution in [3.05, 3.63) is 0 Å². The van der Waals surface area contributed by atoms with E-state index in [9.17, 15) is 0 Å². The lowest BCUT2D eigenvalue weighted by Crippen LogP contribution is -2.34. The highest BCUT2D eigenvalue weighted by molar-refractivity contribution is 8.00. The standard InChI is InChI=1S/C12H22N2S/c1-11(2,5-4-8-13)9-14-10-12(15-3)6-7-12/h14H,4-7,9-10H2,1-3H3. The molecule has 86 valence electrons. The smallest absolute Gasteiger partial charge is 0.0621 e. The van der Waals surface area contributed by atoms with Crippen molar-refractivity contribution in [2.75, 3.05) is 19.3 Å². The van der Waals surface area contributed by atoms with Gasteiger partial charge in [-0.25, -0.2) is 0 Å². The third-order valence-electron chi connectivity index (χ3n) is 3.20. The van der Waals surface area contributed by atoms with E-state index >= 15 is 0 Å². The van der Waals surface area contributed by atoms with E-state index < -0.39 is 0 Å². The molecule has 1 rings (SSSR count). The van der Waals surface area contributed by atoms with Crippen LogP contribution in [0.15, 0.2) is 0 Å². The first-order chi connectivity index (χ1) is 7.04. The molecule has 0 aromatic rings. The third kappa shape index (κ3) is 4.44. The van der Waals surface area contributed by atoms with Crippen LogP contribution in [0.4, 0.5) is 0 Å².